The van der Waals surface area contributed by atoms with Crippen LogP contribution in [0.15, 0.2) is 18.2 Å². The van der Waals surface area contributed by atoms with E-state index in [-0.39, 0.29) is 24.4 Å². The minimum atomic E-state index is -1.15. The van der Waals surface area contributed by atoms with E-state index < -0.39 is 17.9 Å². The van der Waals surface area contributed by atoms with Gasteiger partial charge in [0.1, 0.15) is 5.75 Å². The Hall–Kier alpha value is -2.57. The molecular formula is C13H13NO6. The first-order valence-electron chi connectivity index (χ1n) is 5.88. The molecule has 106 valence electrons. The number of hydrogen-bond donors (Lipinski definition) is 2. The minimum Gasteiger partial charge on any atom is -0.497 e. The molecule has 0 aromatic heterocycles. The van der Waals surface area contributed by atoms with E-state index in [2.05, 4.69) is 0 Å². The topological polar surface area (TPSA) is 104 Å². The highest BCUT2D eigenvalue weighted by atomic mass is 16.5. The maximum absolute atomic E-state index is 11.8. The van der Waals surface area contributed by atoms with E-state index >= 15 is 0 Å². The fraction of sp³-hybridized carbons (Fsp3) is 0.308. The van der Waals surface area contributed by atoms with Crippen LogP contribution < -0.4 is 9.64 Å². The van der Waals surface area contributed by atoms with Gasteiger partial charge in [0.2, 0.25) is 5.91 Å². The predicted octanol–water partition coefficient (Wildman–Crippen LogP) is 0.831. The van der Waals surface area contributed by atoms with E-state index in [1.807, 2.05) is 0 Å². The second-order valence-electron chi connectivity index (χ2n) is 4.47. The lowest BCUT2D eigenvalue weighted by Crippen LogP contribution is -2.26. The third-order valence-corrected chi connectivity index (χ3v) is 3.16. The number of ether oxygens (including phenoxy) is 1. The molecule has 0 spiro atoms. The van der Waals surface area contributed by atoms with Crippen molar-refractivity contribution in [2.75, 3.05) is 18.6 Å². The Morgan fingerprint density at radius 3 is 2.50 bits per heavy atom. The summed E-state index contributed by atoms with van der Waals surface area (Å²) in [5.74, 6) is -3.01. The van der Waals surface area contributed by atoms with E-state index in [1.54, 1.807) is 0 Å². The zero-order valence-electron chi connectivity index (χ0n) is 10.7. The third kappa shape index (κ3) is 2.56. The number of amides is 1. The van der Waals surface area contributed by atoms with Crippen molar-refractivity contribution in [3.63, 3.8) is 0 Å². The van der Waals surface area contributed by atoms with Crippen LogP contribution in [0.5, 0.6) is 5.75 Å². The lowest BCUT2D eigenvalue weighted by Gasteiger charge is -2.17. The third-order valence-electron chi connectivity index (χ3n) is 3.16. The summed E-state index contributed by atoms with van der Waals surface area (Å²) in [6.07, 6.45) is -0.0883. The van der Waals surface area contributed by atoms with Gasteiger partial charge >= 0.3 is 11.9 Å². The second-order valence-corrected chi connectivity index (χ2v) is 4.47. The second kappa shape index (κ2) is 5.20. The number of carboxylic acid groups (broad SMARTS) is 2. The first-order valence-corrected chi connectivity index (χ1v) is 5.88. The van der Waals surface area contributed by atoms with E-state index in [0.717, 1.165) is 0 Å². The molecule has 0 aliphatic carbocycles. The molecule has 0 bridgehead atoms. The number of aromatic carboxylic acids is 1. The van der Waals surface area contributed by atoms with Gasteiger partial charge in [0, 0.05) is 24.7 Å². The van der Waals surface area contributed by atoms with Crippen molar-refractivity contribution in [3.05, 3.63) is 23.8 Å². The molecule has 7 nitrogen and oxygen atoms in total. The molecule has 1 saturated heterocycles. The van der Waals surface area contributed by atoms with Crippen molar-refractivity contribution in [2.24, 2.45) is 5.92 Å². The van der Waals surface area contributed by atoms with Crippen LogP contribution >= 0.6 is 0 Å². The van der Waals surface area contributed by atoms with Crippen molar-refractivity contribution in [1.82, 2.24) is 0 Å². The van der Waals surface area contributed by atoms with E-state index in [4.69, 9.17) is 14.9 Å². The number of carboxylic acids is 2. The molecule has 2 N–H and O–H groups in total. The Bertz CT molecular complexity index is 582. The Morgan fingerprint density at radius 2 is 2.00 bits per heavy atom. The van der Waals surface area contributed by atoms with Crippen LogP contribution in [0, 0.1) is 5.92 Å². The summed E-state index contributed by atoms with van der Waals surface area (Å²) in [4.78, 5) is 35.1. The van der Waals surface area contributed by atoms with Crippen molar-refractivity contribution < 1.29 is 29.3 Å². The van der Waals surface area contributed by atoms with E-state index in [1.165, 1.54) is 30.2 Å². The summed E-state index contributed by atoms with van der Waals surface area (Å²) < 4.78 is 5.00. The maximum atomic E-state index is 11.8. The Labute approximate surface area is 114 Å². The number of methoxy groups -OCH3 is 1. The molecule has 20 heavy (non-hydrogen) atoms. The number of nitrogens with zero attached hydrogens (tertiary/aromatic N) is 1. The molecule has 1 amide bonds. The summed E-state index contributed by atoms with van der Waals surface area (Å²) >= 11 is 0. The van der Waals surface area contributed by atoms with Gasteiger partial charge in [-0.3, -0.25) is 9.59 Å². The quantitative estimate of drug-likeness (QED) is 0.846. The van der Waals surface area contributed by atoms with E-state index in [9.17, 15) is 14.4 Å². The number of hydrogen-bond acceptors (Lipinski definition) is 4. The van der Waals surface area contributed by atoms with Gasteiger partial charge in [-0.15, -0.1) is 0 Å². The Morgan fingerprint density at radius 1 is 1.30 bits per heavy atom. The summed E-state index contributed by atoms with van der Waals surface area (Å²) in [7, 11) is 1.39. The standard InChI is InChI=1S/C13H13NO6/c1-20-10-3-7(12(16)17)2-9(5-10)14-6-8(13(18)19)4-11(14)15/h2-3,5,8H,4,6H2,1H3,(H,16,17)(H,18,19). The minimum absolute atomic E-state index is 0.0223. The number of anilines is 1. The number of carbonyl (C=O) groups excluding carboxylic acids is 1. The summed E-state index contributed by atoms with van der Waals surface area (Å²) in [5, 5.41) is 18.0. The molecule has 1 aromatic rings. The van der Waals surface area contributed by atoms with Crippen molar-refractivity contribution in [3.8, 4) is 5.75 Å². The summed E-state index contributed by atoms with van der Waals surface area (Å²) in [5.41, 5.74) is 0.307. The van der Waals surface area contributed by atoms with Crippen LogP contribution in [0.25, 0.3) is 0 Å². The molecule has 1 atom stereocenters. The van der Waals surface area contributed by atoms with Crippen LogP contribution in [0.4, 0.5) is 5.69 Å². The molecule has 1 aliphatic rings. The Kier molecular flexibility index (Phi) is 3.60. The molecule has 1 fully saturated rings. The first kappa shape index (κ1) is 13.9. The average Bonchev–Trinajstić information content (AvgIpc) is 2.80. The smallest absolute Gasteiger partial charge is 0.335 e. The lowest BCUT2D eigenvalue weighted by molar-refractivity contribution is -0.141. The monoisotopic (exact) mass is 279 g/mol. The van der Waals surface area contributed by atoms with Gasteiger partial charge in [0.05, 0.1) is 18.6 Å². The van der Waals surface area contributed by atoms with E-state index in [0.29, 0.717) is 11.4 Å². The van der Waals surface area contributed by atoms with Crippen LogP contribution in [0.3, 0.4) is 0 Å². The largest absolute Gasteiger partial charge is 0.497 e. The van der Waals surface area contributed by atoms with Crippen LogP contribution in [-0.4, -0.2) is 41.7 Å². The summed E-state index contributed by atoms with van der Waals surface area (Å²) in [6.45, 7) is 0.0282. The average molecular weight is 279 g/mol. The highest BCUT2D eigenvalue weighted by Crippen LogP contribution is 2.29. The number of aliphatic carboxylic acids is 1. The first-order chi connectivity index (χ1) is 9.42. The molecule has 0 radical (unpaired) electrons. The summed E-state index contributed by atoms with van der Waals surface area (Å²) in [6, 6.07) is 4.17. The van der Waals surface area contributed by atoms with Crippen LogP contribution in [-0.2, 0) is 9.59 Å². The van der Waals surface area contributed by atoms with Crippen LogP contribution in [0.2, 0.25) is 0 Å². The fourth-order valence-corrected chi connectivity index (χ4v) is 2.10. The molecule has 1 aromatic carbocycles. The lowest BCUT2D eigenvalue weighted by atomic mass is 10.1. The van der Waals surface area contributed by atoms with Gasteiger partial charge in [0.25, 0.3) is 0 Å². The van der Waals surface area contributed by atoms with Crippen LogP contribution in [0.1, 0.15) is 16.8 Å². The maximum Gasteiger partial charge on any atom is 0.335 e. The van der Waals surface area contributed by atoms with Gasteiger partial charge in [-0.05, 0) is 12.1 Å². The van der Waals surface area contributed by atoms with Gasteiger partial charge in [-0.25, -0.2) is 4.79 Å². The molecular weight excluding hydrogens is 266 g/mol. The zero-order valence-corrected chi connectivity index (χ0v) is 10.7. The highest BCUT2D eigenvalue weighted by Gasteiger charge is 2.35. The SMILES string of the molecule is COc1cc(C(=O)O)cc(N2CC(C(=O)O)CC2=O)c1. The Balaban J connectivity index is 2.37. The molecule has 1 unspecified atom stereocenters. The van der Waals surface area contributed by atoms with Gasteiger partial charge in [0.15, 0.2) is 0 Å². The fourth-order valence-electron chi connectivity index (χ4n) is 2.10. The van der Waals surface area contributed by atoms with Gasteiger partial charge in [-0.1, -0.05) is 0 Å². The predicted molar refractivity (Wildman–Crippen MR) is 68.0 cm³/mol. The number of carbonyl (C=O) groups is 3. The molecule has 2 rings (SSSR count). The molecule has 1 heterocycles. The zero-order chi connectivity index (χ0) is 14.9. The van der Waals surface area contributed by atoms with Crippen molar-refractivity contribution in [2.45, 2.75) is 6.42 Å². The highest BCUT2D eigenvalue weighted by molar-refractivity contribution is 6.00. The molecule has 1 aliphatic heterocycles. The normalized spacial score (nSPS) is 18.1. The molecule has 7 heteroatoms. The van der Waals surface area contributed by atoms with Crippen molar-refractivity contribution in [1.29, 1.82) is 0 Å². The van der Waals surface area contributed by atoms with Crippen molar-refractivity contribution >= 4 is 23.5 Å². The molecule has 0 saturated carbocycles. The van der Waals surface area contributed by atoms with Gasteiger partial charge in [-0.2, -0.15) is 0 Å². The number of benzene rings is 1. The van der Waals surface area contributed by atoms with Gasteiger partial charge < -0.3 is 19.8 Å². The number of rotatable bonds is 4.